The summed E-state index contributed by atoms with van der Waals surface area (Å²) in [4.78, 5) is 27.4. The second kappa shape index (κ2) is 9.50. The Labute approximate surface area is 167 Å². The summed E-state index contributed by atoms with van der Waals surface area (Å²) in [5.41, 5.74) is -0.437. The first-order chi connectivity index (χ1) is 13.8. The zero-order valence-corrected chi connectivity index (χ0v) is 16.5. The van der Waals surface area contributed by atoms with Gasteiger partial charge in [-0.3, -0.25) is 19.5 Å². The smallest absolute Gasteiger partial charge is 0.298 e. The summed E-state index contributed by atoms with van der Waals surface area (Å²) in [5.74, 6) is 0.0225. The quantitative estimate of drug-likeness (QED) is 0.411. The summed E-state index contributed by atoms with van der Waals surface area (Å²) in [6, 6.07) is 6.13. The molecule has 0 radical (unpaired) electrons. The molecule has 0 saturated carbocycles. The molecule has 0 unspecified atom stereocenters. The molecule has 9 heteroatoms. The Hall–Kier alpha value is -3.67. The van der Waals surface area contributed by atoms with E-state index in [0.717, 1.165) is 11.0 Å². The van der Waals surface area contributed by atoms with Gasteiger partial charge in [-0.25, -0.2) is 4.99 Å². The van der Waals surface area contributed by atoms with Gasteiger partial charge in [0.2, 0.25) is 5.88 Å². The number of nitrogens with zero attached hydrogens (tertiary/aromatic N) is 4. The zero-order valence-electron chi connectivity index (χ0n) is 16.5. The lowest BCUT2D eigenvalue weighted by atomic mass is 10.1. The van der Waals surface area contributed by atoms with Crippen molar-refractivity contribution in [3.05, 3.63) is 55.4 Å². The van der Waals surface area contributed by atoms with Crippen molar-refractivity contribution in [2.45, 2.75) is 40.2 Å². The van der Waals surface area contributed by atoms with Crippen LogP contribution in [0.1, 0.15) is 43.4 Å². The summed E-state index contributed by atoms with van der Waals surface area (Å²) in [6.45, 7) is 5.85. The molecular formula is C20H22N4O5. The maximum absolute atomic E-state index is 12.4. The number of benzene rings is 1. The number of aliphatic imine (C=N–C) groups is 1. The highest BCUT2D eigenvalue weighted by atomic mass is 16.6. The topological polar surface area (TPSA) is 131 Å². The molecule has 1 N–H and O–H groups in total. The third-order valence-electron chi connectivity index (χ3n) is 4.37. The number of nitro benzene ring substituents is 1. The molecule has 0 bridgehead atoms. The van der Waals surface area contributed by atoms with Crippen molar-refractivity contribution in [3.8, 4) is 17.7 Å². The van der Waals surface area contributed by atoms with Crippen LogP contribution in [0.15, 0.2) is 28.0 Å². The Morgan fingerprint density at radius 2 is 2.14 bits per heavy atom. The summed E-state index contributed by atoms with van der Waals surface area (Å²) in [5, 5.41) is 31.3. The van der Waals surface area contributed by atoms with E-state index in [2.05, 4.69) is 4.99 Å². The van der Waals surface area contributed by atoms with E-state index in [-0.39, 0.29) is 40.5 Å². The lowest BCUT2D eigenvalue weighted by molar-refractivity contribution is -0.384. The van der Waals surface area contributed by atoms with Crippen LogP contribution >= 0.6 is 0 Å². The molecule has 0 atom stereocenters. The molecule has 0 aliphatic carbocycles. The largest absolute Gasteiger partial charge is 0.494 e. The van der Waals surface area contributed by atoms with Gasteiger partial charge in [-0.1, -0.05) is 13.3 Å². The highest BCUT2D eigenvalue weighted by Gasteiger charge is 2.19. The number of nitro groups is 1. The van der Waals surface area contributed by atoms with Crippen LogP contribution in [-0.2, 0) is 6.54 Å². The van der Waals surface area contributed by atoms with Crippen molar-refractivity contribution in [1.82, 2.24) is 4.57 Å². The second-order valence-electron chi connectivity index (χ2n) is 6.26. The average Bonchev–Trinajstić information content (AvgIpc) is 2.69. The van der Waals surface area contributed by atoms with Gasteiger partial charge < -0.3 is 9.84 Å². The molecule has 0 spiro atoms. The van der Waals surface area contributed by atoms with E-state index in [0.29, 0.717) is 18.8 Å². The monoisotopic (exact) mass is 398 g/mol. The van der Waals surface area contributed by atoms with E-state index in [1.54, 1.807) is 13.0 Å². The number of pyridine rings is 1. The second-order valence-corrected chi connectivity index (χ2v) is 6.26. The van der Waals surface area contributed by atoms with E-state index in [1.165, 1.54) is 25.3 Å². The highest BCUT2D eigenvalue weighted by molar-refractivity contribution is 5.88. The predicted octanol–water partition coefficient (Wildman–Crippen LogP) is 3.59. The van der Waals surface area contributed by atoms with Gasteiger partial charge in [0, 0.05) is 12.8 Å². The molecule has 1 heterocycles. The molecular weight excluding hydrogens is 376 g/mol. The normalized spacial score (nSPS) is 10.8. The van der Waals surface area contributed by atoms with Crippen LogP contribution < -0.4 is 10.3 Å². The lowest BCUT2D eigenvalue weighted by Crippen LogP contribution is -2.25. The van der Waals surface area contributed by atoms with Crippen molar-refractivity contribution in [2.75, 3.05) is 6.61 Å². The van der Waals surface area contributed by atoms with E-state index in [4.69, 9.17) is 4.74 Å². The minimum absolute atomic E-state index is 0.0575. The Balaban J connectivity index is 2.59. The standard InChI is InChI=1S/C20H22N4O5/c1-4-6-9-23-19(25)15(11-21)13(3)16(20(23)26)12-22-17-8-7-14(29-5-2)10-18(17)24(27)28/h7-8,10,12,26H,4-6,9H2,1-3H3. The molecule has 2 rings (SSSR count). The van der Waals surface area contributed by atoms with Gasteiger partial charge in [0.05, 0.1) is 23.2 Å². The predicted molar refractivity (Wildman–Crippen MR) is 108 cm³/mol. The first kappa shape index (κ1) is 21.6. The Bertz CT molecular complexity index is 1050. The Morgan fingerprint density at radius 1 is 1.41 bits per heavy atom. The summed E-state index contributed by atoms with van der Waals surface area (Å²) in [7, 11) is 0. The maximum atomic E-state index is 12.4. The molecule has 0 amide bonds. The van der Waals surface area contributed by atoms with E-state index < -0.39 is 10.5 Å². The van der Waals surface area contributed by atoms with Crippen molar-refractivity contribution in [1.29, 1.82) is 5.26 Å². The molecule has 29 heavy (non-hydrogen) atoms. The number of unbranched alkanes of at least 4 members (excludes halogenated alkanes) is 1. The Morgan fingerprint density at radius 3 is 2.72 bits per heavy atom. The van der Waals surface area contributed by atoms with Crippen molar-refractivity contribution >= 4 is 17.6 Å². The molecule has 0 fully saturated rings. The molecule has 9 nitrogen and oxygen atoms in total. The highest BCUT2D eigenvalue weighted by Crippen LogP contribution is 2.32. The number of hydrogen-bond donors (Lipinski definition) is 1. The Kier molecular flexibility index (Phi) is 7.09. The van der Waals surface area contributed by atoms with Gasteiger partial charge in [0.25, 0.3) is 11.2 Å². The number of aromatic hydroxyl groups is 1. The fraction of sp³-hybridized carbons (Fsp3) is 0.350. The summed E-state index contributed by atoms with van der Waals surface area (Å²) < 4.78 is 6.41. The third-order valence-corrected chi connectivity index (χ3v) is 4.37. The zero-order chi connectivity index (χ0) is 21.6. The average molecular weight is 398 g/mol. The van der Waals surface area contributed by atoms with Crippen molar-refractivity contribution in [3.63, 3.8) is 0 Å². The first-order valence-corrected chi connectivity index (χ1v) is 9.17. The van der Waals surface area contributed by atoms with E-state index in [1.807, 2.05) is 13.0 Å². The number of hydrogen-bond acceptors (Lipinski definition) is 7. The molecule has 2 aromatic rings. The van der Waals surface area contributed by atoms with Gasteiger partial charge >= 0.3 is 0 Å². The first-order valence-electron chi connectivity index (χ1n) is 9.17. The van der Waals surface area contributed by atoms with Crippen LogP contribution in [0.2, 0.25) is 0 Å². The van der Waals surface area contributed by atoms with Crippen LogP contribution in [0.5, 0.6) is 11.6 Å². The van der Waals surface area contributed by atoms with Crippen LogP contribution in [0.4, 0.5) is 11.4 Å². The van der Waals surface area contributed by atoms with Crippen molar-refractivity contribution < 1.29 is 14.8 Å². The fourth-order valence-corrected chi connectivity index (χ4v) is 2.80. The van der Waals surface area contributed by atoms with Crippen molar-refractivity contribution in [2.24, 2.45) is 4.99 Å². The van der Waals surface area contributed by atoms with Crippen LogP contribution in [0, 0.1) is 28.4 Å². The molecule has 1 aromatic heterocycles. The molecule has 0 aliphatic rings. The van der Waals surface area contributed by atoms with Crippen LogP contribution in [-0.4, -0.2) is 27.4 Å². The fourth-order valence-electron chi connectivity index (χ4n) is 2.80. The molecule has 1 aromatic carbocycles. The molecule has 0 saturated heterocycles. The minimum Gasteiger partial charge on any atom is -0.494 e. The van der Waals surface area contributed by atoms with Crippen LogP contribution in [0.25, 0.3) is 0 Å². The number of aromatic nitrogens is 1. The van der Waals surface area contributed by atoms with Crippen LogP contribution in [0.3, 0.4) is 0 Å². The SMILES string of the molecule is CCCCn1c(O)c(C=Nc2ccc(OCC)cc2[N+](=O)[O-])c(C)c(C#N)c1=O. The van der Waals surface area contributed by atoms with Gasteiger partial charge in [0.1, 0.15) is 23.1 Å². The minimum atomic E-state index is -0.579. The van der Waals surface area contributed by atoms with Gasteiger partial charge in [0.15, 0.2) is 0 Å². The lowest BCUT2D eigenvalue weighted by Gasteiger charge is -2.13. The molecule has 0 aliphatic heterocycles. The molecule has 152 valence electrons. The third kappa shape index (κ3) is 4.60. The maximum Gasteiger partial charge on any atom is 0.298 e. The number of rotatable bonds is 8. The van der Waals surface area contributed by atoms with Gasteiger partial charge in [-0.15, -0.1) is 0 Å². The number of nitriles is 1. The van der Waals surface area contributed by atoms with E-state index >= 15 is 0 Å². The van der Waals surface area contributed by atoms with Gasteiger partial charge in [-0.05, 0) is 38.0 Å². The van der Waals surface area contributed by atoms with E-state index in [9.17, 15) is 25.3 Å². The summed E-state index contributed by atoms with van der Waals surface area (Å²) >= 11 is 0. The number of ether oxygens (including phenoxy) is 1. The summed E-state index contributed by atoms with van der Waals surface area (Å²) in [6.07, 6.45) is 2.67. The van der Waals surface area contributed by atoms with Gasteiger partial charge in [-0.2, -0.15) is 5.26 Å².